The monoisotopic (exact) mass is 347 g/mol. The van der Waals surface area contributed by atoms with Gasteiger partial charge in [0, 0.05) is 13.2 Å². The summed E-state index contributed by atoms with van der Waals surface area (Å²) in [6, 6.07) is 8.77. The van der Waals surface area contributed by atoms with E-state index in [1.54, 1.807) is 12.1 Å². The van der Waals surface area contributed by atoms with Crippen LogP contribution in [0.4, 0.5) is 4.39 Å². The molecule has 0 aliphatic carbocycles. The molecule has 1 aromatic heterocycles. The zero-order valence-electron chi connectivity index (χ0n) is 13.5. The molecule has 2 N–H and O–H groups in total. The first kappa shape index (κ1) is 17.2. The molecule has 25 heavy (non-hydrogen) atoms. The minimum Gasteiger partial charge on any atom is -0.475 e. The van der Waals surface area contributed by atoms with Crippen LogP contribution >= 0.6 is 0 Å². The number of carboxylic acids is 1. The summed E-state index contributed by atoms with van der Waals surface area (Å²) in [5.41, 5.74) is -0.0610. The molecule has 7 heteroatoms. The molecule has 0 unspecified atom stereocenters. The summed E-state index contributed by atoms with van der Waals surface area (Å²) in [4.78, 5) is 23.7. The summed E-state index contributed by atoms with van der Waals surface area (Å²) in [6.45, 7) is 0.958. The van der Waals surface area contributed by atoms with E-state index in [2.05, 4.69) is 5.32 Å². The highest BCUT2D eigenvalue weighted by Gasteiger charge is 2.41. The summed E-state index contributed by atoms with van der Waals surface area (Å²) < 4.78 is 23.8. The number of benzene rings is 1. The molecule has 0 bridgehead atoms. The van der Waals surface area contributed by atoms with Gasteiger partial charge in [0.05, 0.1) is 12.0 Å². The Balaban J connectivity index is 1.77. The van der Waals surface area contributed by atoms with Gasteiger partial charge in [0.1, 0.15) is 11.6 Å². The number of amides is 1. The molecule has 1 saturated heterocycles. The van der Waals surface area contributed by atoms with Crippen molar-refractivity contribution in [1.82, 2.24) is 5.32 Å². The number of aromatic carboxylic acids is 1. The second kappa shape index (κ2) is 7.06. The minimum atomic E-state index is -1.16. The van der Waals surface area contributed by atoms with Crippen molar-refractivity contribution in [3.63, 3.8) is 0 Å². The van der Waals surface area contributed by atoms with Crippen LogP contribution in [0.1, 0.15) is 34.7 Å². The quantitative estimate of drug-likeness (QED) is 0.867. The van der Waals surface area contributed by atoms with E-state index in [-0.39, 0.29) is 24.0 Å². The summed E-state index contributed by atoms with van der Waals surface area (Å²) in [6.07, 6.45) is 0.978. The Kier molecular flexibility index (Phi) is 4.85. The van der Waals surface area contributed by atoms with E-state index in [0.717, 1.165) is 5.56 Å². The first-order chi connectivity index (χ1) is 12.0. The summed E-state index contributed by atoms with van der Waals surface area (Å²) in [5.74, 6) is -1.56. The number of ether oxygens (including phenoxy) is 1. The third-order valence-electron chi connectivity index (χ3n) is 4.47. The molecular formula is C18H18FNO5. The highest BCUT2D eigenvalue weighted by atomic mass is 19.1. The lowest BCUT2D eigenvalue weighted by atomic mass is 9.73. The van der Waals surface area contributed by atoms with Gasteiger partial charge in [-0.15, -0.1) is 0 Å². The van der Waals surface area contributed by atoms with Gasteiger partial charge in [-0.1, -0.05) is 12.1 Å². The topological polar surface area (TPSA) is 88.8 Å². The van der Waals surface area contributed by atoms with Gasteiger partial charge in [-0.25, -0.2) is 9.18 Å². The number of carboxylic acid groups (broad SMARTS) is 1. The average Bonchev–Trinajstić information content (AvgIpc) is 3.10. The van der Waals surface area contributed by atoms with Crippen LogP contribution in [0.15, 0.2) is 40.8 Å². The van der Waals surface area contributed by atoms with E-state index < -0.39 is 11.4 Å². The van der Waals surface area contributed by atoms with Gasteiger partial charge in [0.2, 0.25) is 11.7 Å². The SMILES string of the molecule is O=C(O)c1ccc(CNC(=O)C2(c3ccc(F)cc3)CCOCC2)o1. The van der Waals surface area contributed by atoms with Crippen LogP contribution in [0.25, 0.3) is 0 Å². The van der Waals surface area contributed by atoms with Gasteiger partial charge in [0.15, 0.2) is 0 Å². The Hall–Kier alpha value is -2.67. The average molecular weight is 347 g/mol. The molecule has 0 radical (unpaired) electrons. The van der Waals surface area contributed by atoms with Crippen molar-refractivity contribution in [3.8, 4) is 0 Å². The van der Waals surface area contributed by atoms with Gasteiger partial charge in [-0.2, -0.15) is 0 Å². The molecule has 2 aromatic rings. The van der Waals surface area contributed by atoms with Crippen LogP contribution in [-0.2, 0) is 21.5 Å². The normalized spacial score (nSPS) is 16.4. The van der Waals surface area contributed by atoms with Gasteiger partial charge in [0.25, 0.3) is 0 Å². The van der Waals surface area contributed by atoms with Crippen LogP contribution < -0.4 is 5.32 Å². The number of halogens is 1. The maximum atomic E-state index is 13.2. The molecule has 1 amide bonds. The lowest BCUT2D eigenvalue weighted by Gasteiger charge is -2.36. The summed E-state index contributed by atoms with van der Waals surface area (Å²) >= 11 is 0. The number of furan rings is 1. The lowest BCUT2D eigenvalue weighted by Crippen LogP contribution is -2.47. The van der Waals surface area contributed by atoms with Crippen molar-refractivity contribution >= 4 is 11.9 Å². The van der Waals surface area contributed by atoms with Crippen molar-refractivity contribution < 1.29 is 28.2 Å². The van der Waals surface area contributed by atoms with Crippen LogP contribution in [0.2, 0.25) is 0 Å². The molecule has 0 saturated carbocycles. The maximum Gasteiger partial charge on any atom is 0.371 e. The fourth-order valence-corrected chi connectivity index (χ4v) is 3.06. The van der Waals surface area contributed by atoms with Gasteiger partial charge in [-0.05, 0) is 42.7 Å². The molecule has 2 heterocycles. The molecule has 0 atom stereocenters. The Morgan fingerprint density at radius 3 is 2.40 bits per heavy atom. The highest BCUT2D eigenvalue weighted by Crippen LogP contribution is 2.35. The molecule has 1 aliphatic rings. The van der Waals surface area contributed by atoms with Gasteiger partial charge >= 0.3 is 5.97 Å². The Morgan fingerprint density at radius 2 is 1.80 bits per heavy atom. The second-order valence-corrected chi connectivity index (χ2v) is 5.96. The van der Waals surface area contributed by atoms with Crippen LogP contribution in [0.3, 0.4) is 0 Å². The van der Waals surface area contributed by atoms with Crippen molar-refractivity contribution in [2.75, 3.05) is 13.2 Å². The van der Waals surface area contributed by atoms with Crippen molar-refractivity contribution in [3.05, 3.63) is 59.3 Å². The number of nitrogens with one attached hydrogen (secondary N) is 1. The van der Waals surface area contributed by atoms with E-state index >= 15 is 0 Å². The smallest absolute Gasteiger partial charge is 0.371 e. The largest absolute Gasteiger partial charge is 0.475 e. The second-order valence-electron chi connectivity index (χ2n) is 5.96. The molecule has 1 aliphatic heterocycles. The number of hydrogen-bond acceptors (Lipinski definition) is 4. The standard InChI is InChI=1S/C18H18FNO5/c19-13-3-1-12(2-4-13)18(7-9-24-10-8-18)17(23)20-11-14-5-6-15(25-14)16(21)22/h1-6H,7-11H2,(H,20,23)(H,21,22). The Labute approximate surface area is 143 Å². The molecule has 6 nitrogen and oxygen atoms in total. The van der Waals surface area contributed by atoms with E-state index in [1.165, 1.54) is 24.3 Å². The van der Waals surface area contributed by atoms with E-state index in [1.807, 2.05) is 0 Å². The van der Waals surface area contributed by atoms with Crippen LogP contribution in [0, 0.1) is 5.82 Å². The van der Waals surface area contributed by atoms with Crippen LogP contribution in [0.5, 0.6) is 0 Å². The van der Waals surface area contributed by atoms with E-state index in [9.17, 15) is 14.0 Å². The summed E-state index contributed by atoms with van der Waals surface area (Å²) in [7, 11) is 0. The lowest BCUT2D eigenvalue weighted by molar-refractivity contribution is -0.130. The first-order valence-electron chi connectivity index (χ1n) is 7.95. The molecule has 0 spiro atoms. The summed E-state index contributed by atoms with van der Waals surface area (Å²) in [5, 5.41) is 11.7. The van der Waals surface area contributed by atoms with Gasteiger partial charge < -0.3 is 19.6 Å². The zero-order valence-corrected chi connectivity index (χ0v) is 13.5. The minimum absolute atomic E-state index is 0.0793. The molecular weight excluding hydrogens is 329 g/mol. The molecule has 1 fully saturated rings. The fraction of sp³-hybridized carbons (Fsp3) is 0.333. The van der Waals surface area contributed by atoms with Gasteiger partial charge in [-0.3, -0.25) is 4.79 Å². The number of carbonyl (C=O) groups is 2. The Morgan fingerprint density at radius 1 is 1.12 bits per heavy atom. The number of hydrogen-bond donors (Lipinski definition) is 2. The molecule has 132 valence electrons. The predicted molar refractivity (Wildman–Crippen MR) is 85.6 cm³/mol. The van der Waals surface area contributed by atoms with Crippen molar-refractivity contribution in [2.45, 2.75) is 24.8 Å². The predicted octanol–water partition coefficient (Wildman–Crippen LogP) is 2.48. The Bertz CT molecular complexity index is 762. The van der Waals surface area contributed by atoms with Crippen molar-refractivity contribution in [2.24, 2.45) is 0 Å². The van der Waals surface area contributed by atoms with Crippen LogP contribution in [-0.4, -0.2) is 30.2 Å². The highest BCUT2D eigenvalue weighted by molar-refractivity contribution is 5.88. The maximum absolute atomic E-state index is 13.2. The van der Waals surface area contributed by atoms with E-state index in [4.69, 9.17) is 14.3 Å². The first-order valence-corrected chi connectivity index (χ1v) is 7.95. The third-order valence-corrected chi connectivity index (χ3v) is 4.47. The number of carbonyl (C=O) groups excluding carboxylic acids is 1. The molecule has 1 aromatic carbocycles. The van der Waals surface area contributed by atoms with Crippen molar-refractivity contribution in [1.29, 1.82) is 0 Å². The van der Waals surface area contributed by atoms with E-state index in [0.29, 0.717) is 31.8 Å². The third kappa shape index (κ3) is 3.56. The number of rotatable bonds is 5. The fourth-order valence-electron chi connectivity index (χ4n) is 3.06. The zero-order chi connectivity index (χ0) is 17.9. The molecule has 3 rings (SSSR count).